The molecule has 0 aromatic heterocycles. The van der Waals surface area contributed by atoms with Crippen LogP contribution in [-0.4, -0.2) is 12.5 Å². The van der Waals surface area contributed by atoms with Gasteiger partial charge in [0.05, 0.1) is 0 Å². The van der Waals surface area contributed by atoms with E-state index in [4.69, 9.17) is 0 Å². The highest BCUT2D eigenvalue weighted by atomic mass is 19.1. The predicted octanol–water partition coefficient (Wildman–Crippen LogP) is 3.35. The Morgan fingerprint density at radius 3 is 2.38 bits per heavy atom. The Balaban J connectivity index is 1.91. The summed E-state index contributed by atoms with van der Waals surface area (Å²) in [4.78, 5) is 11.7. The molecule has 0 spiro atoms. The van der Waals surface area contributed by atoms with Crippen molar-refractivity contribution >= 4 is 11.6 Å². The molecule has 0 saturated carbocycles. The molecule has 21 heavy (non-hydrogen) atoms. The molecule has 0 aliphatic carbocycles. The Hall–Kier alpha value is -2.62. The van der Waals surface area contributed by atoms with Crippen molar-refractivity contribution in [2.24, 2.45) is 0 Å². The molecule has 0 saturated heterocycles. The normalized spacial score (nSPS) is 9.95. The maximum absolute atomic E-state index is 12.8. The van der Waals surface area contributed by atoms with E-state index in [0.717, 1.165) is 11.3 Å². The van der Waals surface area contributed by atoms with Gasteiger partial charge in [-0.3, -0.25) is 4.79 Å². The fourth-order valence-corrected chi connectivity index (χ4v) is 1.81. The molecule has 2 rings (SSSR count). The molecule has 0 aliphatic heterocycles. The third kappa shape index (κ3) is 4.45. The van der Waals surface area contributed by atoms with E-state index in [1.165, 1.54) is 12.1 Å². The van der Waals surface area contributed by atoms with Crippen LogP contribution < -0.4 is 10.6 Å². The van der Waals surface area contributed by atoms with Gasteiger partial charge in [0.15, 0.2) is 0 Å². The summed E-state index contributed by atoms with van der Waals surface area (Å²) in [5, 5.41) is 5.94. The lowest BCUT2D eigenvalue weighted by molar-refractivity contribution is 0.0958. The lowest BCUT2D eigenvalue weighted by Gasteiger charge is -2.08. The molecule has 1 amide bonds. The zero-order chi connectivity index (χ0) is 15.1. The van der Waals surface area contributed by atoms with Crippen LogP contribution in [0.1, 0.15) is 15.9 Å². The van der Waals surface area contributed by atoms with Gasteiger partial charge in [0.25, 0.3) is 5.91 Å². The van der Waals surface area contributed by atoms with Crippen LogP contribution in [0.2, 0.25) is 0 Å². The Labute approximate surface area is 123 Å². The molecule has 0 aliphatic rings. The van der Waals surface area contributed by atoms with E-state index >= 15 is 0 Å². The van der Waals surface area contributed by atoms with Gasteiger partial charge in [-0.15, -0.1) is 6.58 Å². The summed E-state index contributed by atoms with van der Waals surface area (Å²) >= 11 is 0. The van der Waals surface area contributed by atoms with E-state index < -0.39 is 0 Å². The third-order valence-corrected chi connectivity index (χ3v) is 2.96. The SMILES string of the molecule is C=CCNC(=O)c1ccc(NCc2ccc(F)cc2)cc1. The quantitative estimate of drug-likeness (QED) is 0.799. The first-order valence-corrected chi connectivity index (χ1v) is 6.66. The van der Waals surface area contributed by atoms with Gasteiger partial charge in [-0.05, 0) is 42.0 Å². The summed E-state index contributed by atoms with van der Waals surface area (Å²) in [5.41, 5.74) is 2.49. The van der Waals surface area contributed by atoms with E-state index in [0.29, 0.717) is 18.7 Å². The zero-order valence-corrected chi connectivity index (χ0v) is 11.6. The highest BCUT2D eigenvalue weighted by Crippen LogP contribution is 2.11. The molecular formula is C17H17FN2O. The molecular weight excluding hydrogens is 267 g/mol. The van der Waals surface area contributed by atoms with Crippen LogP contribution in [0.5, 0.6) is 0 Å². The average Bonchev–Trinajstić information content (AvgIpc) is 2.52. The maximum atomic E-state index is 12.8. The fourth-order valence-electron chi connectivity index (χ4n) is 1.81. The number of halogens is 1. The van der Waals surface area contributed by atoms with Crippen LogP contribution in [0, 0.1) is 5.82 Å². The number of carbonyl (C=O) groups excluding carboxylic acids is 1. The number of nitrogens with one attached hydrogen (secondary N) is 2. The minimum absolute atomic E-state index is 0.125. The van der Waals surface area contributed by atoms with Crippen molar-refractivity contribution < 1.29 is 9.18 Å². The van der Waals surface area contributed by atoms with Crippen molar-refractivity contribution in [2.75, 3.05) is 11.9 Å². The van der Waals surface area contributed by atoms with E-state index in [2.05, 4.69) is 17.2 Å². The Morgan fingerprint density at radius 1 is 1.10 bits per heavy atom. The molecule has 2 aromatic carbocycles. The van der Waals surface area contributed by atoms with Crippen LogP contribution in [0.25, 0.3) is 0 Å². The van der Waals surface area contributed by atoms with E-state index in [1.807, 2.05) is 12.1 Å². The van der Waals surface area contributed by atoms with Crippen molar-refractivity contribution in [1.82, 2.24) is 5.32 Å². The first-order chi connectivity index (χ1) is 10.2. The van der Waals surface area contributed by atoms with Crippen LogP contribution >= 0.6 is 0 Å². The van der Waals surface area contributed by atoms with Crippen LogP contribution in [0.15, 0.2) is 61.2 Å². The second kappa shape index (κ2) is 7.24. The molecule has 0 atom stereocenters. The van der Waals surface area contributed by atoms with Crippen LogP contribution in [0.3, 0.4) is 0 Å². The van der Waals surface area contributed by atoms with Gasteiger partial charge in [-0.25, -0.2) is 4.39 Å². The molecule has 4 heteroatoms. The number of anilines is 1. The van der Waals surface area contributed by atoms with Crippen molar-refractivity contribution in [3.8, 4) is 0 Å². The maximum Gasteiger partial charge on any atom is 0.251 e. The molecule has 0 radical (unpaired) electrons. The van der Waals surface area contributed by atoms with Crippen molar-refractivity contribution in [3.05, 3.63) is 78.1 Å². The standard InChI is InChI=1S/C17H17FN2O/c1-2-11-19-17(21)14-5-9-16(10-6-14)20-12-13-3-7-15(18)8-4-13/h2-10,20H,1,11-12H2,(H,19,21). The highest BCUT2D eigenvalue weighted by Gasteiger charge is 2.03. The average molecular weight is 284 g/mol. The van der Waals surface area contributed by atoms with Crippen LogP contribution in [-0.2, 0) is 6.54 Å². The monoisotopic (exact) mass is 284 g/mol. The summed E-state index contributed by atoms with van der Waals surface area (Å²) in [6.07, 6.45) is 1.64. The summed E-state index contributed by atoms with van der Waals surface area (Å²) in [7, 11) is 0. The number of rotatable bonds is 6. The topological polar surface area (TPSA) is 41.1 Å². The first-order valence-electron chi connectivity index (χ1n) is 6.66. The van der Waals surface area contributed by atoms with Crippen LogP contribution in [0.4, 0.5) is 10.1 Å². The minimum atomic E-state index is -0.242. The molecule has 0 unspecified atom stereocenters. The summed E-state index contributed by atoms with van der Waals surface area (Å²) < 4.78 is 12.8. The van der Waals surface area contributed by atoms with Gasteiger partial charge in [0, 0.05) is 24.3 Å². The molecule has 2 N–H and O–H groups in total. The lowest BCUT2D eigenvalue weighted by Crippen LogP contribution is -2.23. The smallest absolute Gasteiger partial charge is 0.251 e. The Morgan fingerprint density at radius 2 is 1.76 bits per heavy atom. The summed E-state index contributed by atoms with van der Waals surface area (Å²) in [6.45, 7) is 4.60. The van der Waals surface area contributed by atoms with Gasteiger partial charge in [-0.2, -0.15) is 0 Å². The third-order valence-electron chi connectivity index (χ3n) is 2.96. The summed E-state index contributed by atoms with van der Waals surface area (Å²) in [6, 6.07) is 13.5. The number of benzene rings is 2. The number of hydrogen-bond donors (Lipinski definition) is 2. The Kier molecular flexibility index (Phi) is 5.10. The van der Waals surface area contributed by atoms with Gasteiger partial charge >= 0.3 is 0 Å². The molecule has 0 heterocycles. The van der Waals surface area contributed by atoms with E-state index in [-0.39, 0.29) is 11.7 Å². The largest absolute Gasteiger partial charge is 0.381 e. The predicted molar refractivity (Wildman–Crippen MR) is 82.7 cm³/mol. The Bertz CT molecular complexity index is 606. The second-order valence-corrected chi connectivity index (χ2v) is 4.56. The highest BCUT2D eigenvalue weighted by molar-refractivity contribution is 5.94. The summed E-state index contributed by atoms with van der Waals surface area (Å²) in [5.74, 6) is -0.367. The van der Waals surface area contributed by atoms with Crippen molar-refractivity contribution in [2.45, 2.75) is 6.54 Å². The fraction of sp³-hybridized carbons (Fsp3) is 0.118. The second-order valence-electron chi connectivity index (χ2n) is 4.56. The van der Waals surface area contributed by atoms with Crippen molar-refractivity contribution in [3.63, 3.8) is 0 Å². The molecule has 0 fully saturated rings. The van der Waals surface area contributed by atoms with Crippen molar-refractivity contribution in [1.29, 1.82) is 0 Å². The molecule has 108 valence electrons. The number of carbonyl (C=O) groups is 1. The van der Waals surface area contributed by atoms with Gasteiger partial charge < -0.3 is 10.6 Å². The van der Waals surface area contributed by atoms with Gasteiger partial charge in [0.1, 0.15) is 5.82 Å². The zero-order valence-electron chi connectivity index (χ0n) is 11.6. The molecule has 2 aromatic rings. The molecule has 0 bridgehead atoms. The number of hydrogen-bond acceptors (Lipinski definition) is 2. The lowest BCUT2D eigenvalue weighted by atomic mass is 10.1. The van der Waals surface area contributed by atoms with Gasteiger partial charge in [-0.1, -0.05) is 18.2 Å². The first kappa shape index (κ1) is 14.8. The van der Waals surface area contributed by atoms with Gasteiger partial charge in [0.2, 0.25) is 0 Å². The van der Waals surface area contributed by atoms with E-state index in [1.54, 1.807) is 30.3 Å². The van der Waals surface area contributed by atoms with E-state index in [9.17, 15) is 9.18 Å². The number of amides is 1. The molecule has 3 nitrogen and oxygen atoms in total. The minimum Gasteiger partial charge on any atom is -0.381 e.